The SMILES string of the molecule is O=C(/C=C(\O)c1cc(Cc2cc(F)cc(F)c2F)cn(Cc2cccc(F)c2)c1=O)C(=O)N1CCN(c2cccc3ccccc23)CC1. The summed E-state index contributed by atoms with van der Waals surface area (Å²) >= 11 is 0. The highest BCUT2D eigenvalue weighted by Gasteiger charge is 2.27. The molecule has 48 heavy (non-hydrogen) atoms. The average molecular weight is 656 g/mol. The molecule has 2 heterocycles. The highest BCUT2D eigenvalue weighted by molar-refractivity contribution is 6.41. The summed E-state index contributed by atoms with van der Waals surface area (Å²) < 4.78 is 57.3. The van der Waals surface area contributed by atoms with Gasteiger partial charge in [-0.3, -0.25) is 14.4 Å². The zero-order chi connectivity index (χ0) is 33.9. The summed E-state index contributed by atoms with van der Waals surface area (Å²) in [6, 6.07) is 21.7. The number of hydrogen-bond donors (Lipinski definition) is 1. The number of hydrogen-bond acceptors (Lipinski definition) is 5. The Kier molecular flexibility index (Phi) is 9.11. The van der Waals surface area contributed by atoms with Crippen molar-refractivity contribution in [2.24, 2.45) is 0 Å². The standard InChI is InChI=1S/C37H29F4N3O4/c38-27-8-3-5-23(16-27)21-44-22-24(15-26-18-28(39)19-31(40)35(26)41)17-30(36(44)47)33(45)20-34(46)37(48)43-13-11-42(12-14-43)32-10-4-7-25-6-1-2-9-29(25)32/h1-10,16-20,22,45H,11-15,21H2/b33-20-. The lowest BCUT2D eigenvalue weighted by molar-refractivity contribution is -0.142. The third kappa shape index (κ3) is 6.85. The van der Waals surface area contributed by atoms with Gasteiger partial charge in [0.1, 0.15) is 17.4 Å². The molecule has 0 saturated carbocycles. The van der Waals surface area contributed by atoms with Gasteiger partial charge in [0.25, 0.3) is 11.5 Å². The van der Waals surface area contributed by atoms with Crippen molar-refractivity contribution >= 4 is 33.9 Å². The van der Waals surface area contributed by atoms with E-state index in [1.165, 1.54) is 29.3 Å². The third-order valence-corrected chi connectivity index (χ3v) is 8.28. The summed E-state index contributed by atoms with van der Waals surface area (Å²) in [6.45, 7) is 1.24. The zero-order valence-electron chi connectivity index (χ0n) is 25.5. The molecule has 244 valence electrons. The maximum absolute atomic E-state index is 14.5. The average Bonchev–Trinajstić information content (AvgIpc) is 3.07. The molecule has 11 heteroatoms. The van der Waals surface area contributed by atoms with Gasteiger partial charge < -0.3 is 19.5 Å². The van der Waals surface area contributed by atoms with E-state index >= 15 is 0 Å². The molecule has 6 rings (SSSR count). The highest BCUT2D eigenvalue weighted by atomic mass is 19.2. The molecule has 0 bridgehead atoms. The predicted octanol–water partition coefficient (Wildman–Crippen LogP) is 6.01. The molecule has 1 aliphatic rings. The molecule has 1 aromatic heterocycles. The first-order valence-corrected chi connectivity index (χ1v) is 15.2. The summed E-state index contributed by atoms with van der Waals surface area (Å²) in [4.78, 5) is 43.1. The molecule has 4 aromatic carbocycles. The molecule has 1 aliphatic heterocycles. The Hall–Kier alpha value is -5.71. The van der Waals surface area contributed by atoms with E-state index in [-0.39, 0.29) is 30.8 Å². The number of carbonyl (C=O) groups is 2. The fraction of sp³-hybridized carbons (Fsp3) is 0.162. The van der Waals surface area contributed by atoms with Gasteiger partial charge in [-0.2, -0.15) is 0 Å². The first-order chi connectivity index (χ1) is 23.1. The van der Waals surface area contributed by atoms with Gasteiger partial charge in [0.2, 0.25) is 5.78 Å². The smallest absolute Gasteiger partial charge is 0.294 e. The molecule has 5 aromatic rings. The first kappa shape index (κ1) is 32.2. The molecular weight excluding hydrogens is 626 g/mol. The normalized spacial score (nSPS) is 13.6. The maximum atomic E-state index is 14.5. The minimum Gasteiger partial charge on any atom is -0.507 e. The van der Waals surface area contributed by atoms with Gasteiger partial charge in [-0.05, 0) is 52.4 Å². The Morgan fingerprint density at radius 3 is 2.29 bits per heavy atom. The van der Waals surface area contributed by atoms with Crippen LogP contribution >= 0.6 is 0 Å². The van der Waals surface area contributed by atoms with Crippen LogP contribution in [0, 0.1) is 23.3 Å². The number of nitrogens with zero attached hydrogens (tertiary/aromatic N) is 3. The van der Waals surface area contributed by atoms with Crippen LogP contribution in [-0.2, 0) is 22.6 Å². The van der Waals surface area contributed by atoms with Crippen LogP contribution < -0.4 is 10.5 Å². The number of aromatic nitrogens is 1. The molecule has 0 aliphatic carbocycles. The van der Waals surface area contributed by atoms with Gasteiger partial charge in [0.05, 0.1) is 12.1 Å². The van der Waals surface area contributed by atoms with E-state index < -0.39 is 58.3 Å². The number of carbonyl (C=O) groups excluding carboxylic acids is 2. The number of ketones is 1. The summed E-state index contributed by atoms with van der Waals surface area (Å²) in [6.07, 6.45) is 1.54. The number of amides is 1. The van der Waals surface area contributed by atoms with Gasteiger partial charge in [-0.1, -0.05) is 48.5 Å². The molecule has 1 saturated heterocycles. The number of piperazine rings is 1. The van der Waals surface area contributed by atoms with Crippen LogP contribution in [0.4, 0.5) is 23.2 Å². The Bertz CT molecular complexity index is 2130. The number of anilines is 1. The first-order valence-electron chi connectivity index (χ1n) is 15.2. The molecule has 0 atom stereocenters. The molecule has 1 N–H and O–H groups in total. The highest BCUT2D eigenvalue weighted by Crippen LogP contribution is 2.27. The summed E-state index contributed by atoms with van der Waals surface area (Å²) in [5, 5.41) is 13.1. The van der Waals surface area contributed by atoms with Crippen molar-refractivity contribution in [3.05, 3.63) is 153 Å². The van der Waals surface area contributed by atoms with Crippen LogP contribution in [0.5, 0.6) is 0 Å². The Labute approximate surface area is 272 Å². The number of aliphatic hydroxyl groups excluding tert-OH is 1. The van der Waals surface area contributed by atoms with Gasteiger partial charge in [-0.25, -0.2) is 17.6 Å². The molecule has 0 spiro atoms. The van der Waals surface area contributed by atoms with Crippen molar-refractivity contribution in [2.45, 2.75) is 13.0 Å². The van der Waals surface area contributed by atoms with E-state index in [0.29, 0.717) is 30.8 Å². The number of halogens is 4. The lowest BCUT2D eigenvalue weighted by atomic mass is 10.0. The topological polar surface area (TPSA) is 82.8 Å². The van der Waals surface area contributed by atoms with Gasteiger partial charge in [0, 0.05) is 62.0 Å². The van der Waals surface area contributed by atoms with Crippen LogP contribution in [0.1, 0.15) is 22.3 Å². The van der Waals surface area contributed by atoms with Gasteiger partial charge in [0.15, 0.2) is 11.6 Å². The van der Waals surface area contributed by atoms with E-state index in [9.17, 15) is 37.1 Å². The molecule has 1 fully saturated rings. The lowest BCUT2D eigenvalue weighted by Crippen LogP contribution is -2.50. The Morgan fingerprint density at radius 1 is 0.792 bits per heavy atom. The van der Waals surface area contributed by atoms with E-state index in [4.69, 9.17) is 0 Å². The number of fused-ring (bicyclic) bond motifs is 1. The van der Waals surface area contributed by atoms with Crippen LogP contribution in [0.15, 0.2) is 102 Å². The predicted molar refractivity (Wildman–Crippen MR) is 174 cm³/mol. The van der Waals surface area contributed by atoms with Crippen molar-refractivity contribution < 1.29 is 32.3 Å². The van der Waals surface area contributed by atoms with Crippen LogP contribution in [0.3, 0.4) is 0 Å². The Balaban J connectivity index is 1.24. The minimum atomic E-state index is -1.40. The monoisotopic (exact) mass is 655 g/mol. The van der Waals surface area contributed by atoms with Crippen LogP contribution in [0.2, 0.25) is 0 Å². The largest absolute Gasteiger partial charge is 0.507 e. The van der Waals surface area contributed by atoms with E-state index in [0.717, 1.165) is 33.2 Å². The van der Waals surface area contributed by atoms with Crippen molar-refractivity contribution in [3.63, 3.8) is 0 Å². The van der Waals surface area contributed by atoms with Gasteiger partial charge in [-0.15, -0.1) is 0 Å². The summed E-state index contributed by atoms with van der Waals surface area (Å²) in [7, 11) is 0. The second-order valence-electron chi connectivity index (χ2n) is 11.5. The number of benzene rings is 4. The Morgan fingerprint density at radius 2 is 1.52 bits per heavy atom. The second kappa shape index (κ2) is 13.6. The number of rotatable bonds is 8. The quantitative estimate of drug-likeness (QED) is 0.0728. The van der Waals surface area contributed by atoms with Crippen molar-refractivity contribution in [2.75, 3.05) is 31.1 Å². The minimum absolute atomic E-state index is 0.146. The fourth-order valence-corrected chi connectivity index (χ4v) is 5.94. The van der Waals surface area contributed by atoms with E-state index in [1.807, 2.05) is 42.5 Å². The lowest BCUT2D eigenvalue weighted by Gasteiger charge is -2.36. The molecule has 7 nitrogen and oxygen atoms in total. The molecule has 1 amide bonds. The molecule has 0 unspecified atom stereocenters. The fourth-order valence-electron chi connectivity index (χ4n) is 5.94. The summed E-state index contributed by atoms with van der Waals surface area (Å²) in [5.74, 6) is -7.02. The van der Waals surface area contributed by atoms with Crippen LogP contribution in [-0.4, -0.2) is 52.4 Å². The van der Waals surface area contributed by atoms with Crippen LogP contribution in [0.25, 0.3) is 16.5 Å². The zero-order valence-corrected chi connectivity index (χ0v) is 25.5. The maximum Gasteiger partial charge on any atom is 0.294 e. The van der Waals surface area contributed by atoms with Crippen molar-refractivity contribution in [1.82, 2.24) is 9.47 Å². The molecule has 0 radical (unpaired) electrons. The summed E-state index contributed by atoms with van der Waals surface area (Å²) in [5.41, 5.74) is -0.0328. The van der Waals surface area contributed by atoms with Gasteiger partial charge >= 0.3 is 0 Å². The van der Waals surface area contributed by atoms with Crippen molar-refractivity contribution in [1.29, 1.82) is 0 Å². The molecular formula is C37H29F4N3O4. The number of pyridine rings is 1. The second-order valence-corrected chi connectivity index (χ2v) is 11.5. The van der Waals surface area contributed by atoms with E-state index in [2.05, 4.69) is 4.90 Å². The van der Waals surface area contributed by atoms with Crippen molar-refractivity contribution in [3.8, 4) is 0 Å². The number of aliphatic hydroxyl groups is 1. The third-order valence-electron chi connectivity index (χ3n) is 8.28. The van der Waals surface area contributed by atoms with E-state index in [1.54, 1.807) is 6.07 Å².